The first kappa shape index (κ1) is 40.8. The second kappa shape index (κ2) is 14.5. The molecule has 2 heterocycles. The van der Waals surface area contributed by atoms with Gasteiger partial charge in [-0.25, -0.2) is 9.97 Å². The molecule has 13 aromatic rings. The van der Waals surface area contributed by atoms with Crippen LogP contribution in [0, 0.1) is 0 Å². The number of aromatic nitrogens is 2. The lowest BCUT2D eigenvalue weighted by molar-refractivity contribution is 0.794. The Morgan fingerprint density at radius 1 is 0.274 bits per heavy atom. The largest absolute Gasteiger partial charge is 0.242 e. The summed E-state index contributed by atoms with van der Waals surface area (Å²) in [6, 6.07) is 81.8. The number of fused-ring (bicyclic) bond motifs is 27. The Balaban J connectivity index is 1.02. The Morgan fingerprint density at radius 2 is 0.575 bits per heavy atom. The minimum Gasteiger partial charge on any atom is -0.242 e. The van der Waals surface area contributed by atoms with Gasteiger partial charge in [0.1, 0.15) is 11.0 Å². The Kier molecular flexibility index (Phi) is 8.07. The van der Waals surface area contributed by atoms with Crippen molar-refractivity contribution < 1.29 is 0 Å². The van der Waals surface area contributed by atoms with Gasteiger partial charge in [-0.1, -0.05) is 226 Å². The van der Waals surface area contributed by atoms with Gasteiger partial charge in [-0.2, -0.15) is 0 Å². The maximum atomic E-state index is 5.96. The Labute approximate surface area is 441 Å². The first-order valence-corrected chi connectivity index (χ1v) is 27.3. The Morgan fingerprint density at radius 3 is 0.945 bits per heavy atom. The molecular formula is C68H36Br2N2S. The van der Waals surface area contributed by atoms with E-state index < -0.39 is 10.8 Å². The van der Waals surface area contributed by atoms with Crippen LogP contribution in [0.15, 0.2) is 227 Å². The average Bonchev–Trinajstić information content (AvgIpc) is 4.32. The van der Waals surface area contributed by atoms with E-state index in [9.17, 15) is 0 Å². The minimum absolute atomic E-state index is 0.480. The molecule has 17 rings (SSSR count). The Hall–Kier alpha value is -7.80. The highest BCUT2D eigenvalue weighted by Crippen LogP contribution is 2.67. The predicted octanol–water partition coefficient (Wildman–Crippen LogP) is 18.7. The van der Waals surface area contributed by atoms with Crippen molar-refractivity contribution in [3.05, 3.63) is 272 Å². The van der Waals surface area contributed by atoms with Crippen LogP contribution in [0.5, 0.6) is 0 Å². The van der Waals surface area contributed by atoms with Gasteiger partial charge in [0, 0.05) is 30.8 Å². The highest BCUT2D eigenvalue weighted by Gasteiger charge is 2.54. The predicted molar refractivity (Wildman–Crippen MR) is 309 cm³/mol. The summed E-state index contributed by atoms with van der Waals surface area (Å²) >= 11 is 9.51. The molecule has 0 radical (unpaired) electrons. The molecule has 0 unspecified atom stereocenters. The van der Waals surface area contributed by atoms with Crippen LogP contribution in [-0.4, -0.2) is 9.97 Å². The molecule has 4 aliphatic carbocycles. The van der Waals surface area contributed by atoms with Crippen LogP contribution in [0.2, 0.25) is 0 Å². The summed E-state index contributed by atoms with van der Waals surface area (Å²) in [6.45, 7) is 0. The lowest BCUT2D eigenvalue weighted by Gasteiger charge is -2.30. The van der Waals surface area contributed by atoms with Crippen LogP contribution in [0.25, 0.3) is 109 Å². The number of benzene rings is 11. The molecule has 0 N–H and O–H groups in total. The van der Waals surface area contributed by atoms with E-state index in [0.717, 1.165) is 62.3 Å². The molecule has 11 aromatic carbocycles. The summed E-state index contributed by atoms with van der Waals surface area (Å²) in [6.07, 6.45) is 0. The van der Waals surface area contributed by atoms with Crippen molar-refractivity contribution in [3.8, 4) is 65.4 Å². The summed E-state index contributed by atoms with van der Waals surface area (Å²) in [7, 11) is 0. The molecule has 4 aliphatic rings. The third-order valence-electron chi connectivity index (χ3n) is 16.8. The van der Waals surface area contributed by atoms with E-state index >= 15 is 0 Å². The first-order chi connectivity index (χ1) is 36.0. The highest BCUT2D eigenvalue weighted by molar-refractivity contribution is 9.10. The molecular weight excluding hydrogens is 1040 g/mol. The van der Waals surface area contributed by atoms with Gasteiger partial charge in [-0.3, -0.25) is 0 Å². The number of halogens is 2. The smallest absolute Gasteiger partial charge is 0.109 e. The fourth-order valence-corrected chi connectivity index (χ4v) is 16.2. The highest BCUT2D eigenvalue weighted by atomic mass is 79.9. The van der Waals surface area contributed by atoms with Crippen LogP contribution in [0.3, 0.4) is 0 Å². The SMILES string of the molecule is Brc1ccc2c(c1)c1cc(Br)ccc1c1nc3c(-c4cccc5c4-c4ccccc4C54c5ccccc5-c5ccccc54)sc(-c4cccc5c4-c4ccccc4C54c5ccccc5-c5ccccc54)c3nc21. The summed E-state index contributed by atoms with van der Waals surface area (Å²) < 4.78 is 2.05. The maximum Gasteiger partial charge on any atom is 0.109 e. The summed E-state index contributed by atoms with van der Waals surface area (Å²) in [5, 5.41) is 4.43. The van der Waals surface area contributed by atoms with Crippen molar-refractivity contribution in [2.24, 2.45) is 0 Å². The molecule has 73 heavy (non-hydrogen) atoms. The summed E-state index contributed by atoms with van der Waals surface area (Å²) in [4.78, 5) is 14.2. The van der Waals surface area contributed by atoms with Crippen LogP contribution in [-0.2, 0) is 10.8 Å². The van der Waals surface area contributed by atoms with Crippen molar-refractivity contribution in [2.75, 3.05) is 0 Å². The minimum atomic E-state index is -0.480. The molecule has 0 bridgehead atoms. The summed E-state index contributed by atoms with van der Waals surface area (Å²) in [5.74, 6) is 0. The van der Waals surface area contributed by atoms with Crippen LogP contribution < -0.4 is 0 Å². The molecule has 0 aliphatic heterocycles. The Bertz CT molecular complexity index is 4290. The molecule has 2 aromatic heterocycles. The molecule has 0 saturated carbocycles. The maximum absolute atomic E-state index is 5.96. The number of thiophene rings is 1. The zero-order chi connectivity index (χ0) is 47.9. The molecule has 0 amide bonds. The molecule has 5 heteroatoms. The molecule has 2 spiro atoms. The van der Waals surface area contributed by atoms with Gasteiger partial charge >= 0.3 is 0 Å². The van der Waals surface area contributed by atoms with Crippen LogP contribution >= 0.6 is 43.2 Å². The van der Waals surface area contributed by atoms with E-state index in [1.807, 2.05) is 11.3 Å². The average molecular weight is 1070 g/mol. The third kappa shape index (κ3) is 4.94. The summed E-state index contributed by atoms with van der Waals surface area (Å²) in [5.41, 5.74) is 25.9. The van der Waals surface area contributed by atoms with Crippen molar-refractivity contribution >= 4 is 86.8 Å². The molecule has 0 fully saturated rings. The zero-order valence-corrected chi connectivity index (χ0v) is 42.8. The van der Waals surface area contributed by atoms with Crippen LogP contribution in [0.4, 0.5) is 0 Å². The third-order valence-corrected chi connectivity index (χ3v) is 19.0. The van der Waals surface area contributed by atoms with E-state index in [1.54, 1.807) is 0 Å². The van der Waals surface area contributed by atoms with E-state index in [0.29, 0.717) is 0 Å². The van der Waals surface area contributed by atoms with Gasteiger partial charge in [0.15, 0.2) is 0 Å². The van der Waals surface area contributed by atoms with Gasteiger partial charge in [0.2, 0.25) is 0 Å². The van der Waals surface area contributed by atoms with Crippen LogP contribution in [0.1, 0.15) is 44.5 Å². The van der Waals surface area contributed by atoms with E-state index in [4.69, 9.17) is 9.97 Å². The number of hydrogen-bond donors (Lipinski definition) is 0. The van der Waals surface area contributed by atoms with Crippen molar-refractivity contribution in [1.82, 2.24) is 9.97 Å². The van der Waals surface area contributed by atoms with Crippen molar-refractivity contribution in [3.63, 3.8) is 0 Å². The topological polar surface area (TPSA) is 25.8 Å². The lowest BCUT2D eigenvalue weighted by atomic mass is 9.70. The normalized spacial score (nSPS) is 14.4. The second-order valence-electron chi connectivity index (χ2n) is 20.0. The monoisotopic (exact) mass is 1070 g/mol. The lowest BCUT2D eigenvalue weighted by Crippen LogP contribution is -2.25. The first-order valence-electron chi connectivity index (χ1n) is 24.9. The fourth-order valence-electron chi connectivity index (χ4n) is 14.2. The van der Waals surface area contributed by atoms with Gasteiger partial charge in [0.05, 0.1) is 31.6 Å². The van der Waals surface area contributed by atoms with Gasteiger partial charge in [-0.05, 0) is 124 Å². The van der Waals surface area contributed by atoms with Gasteiger partial charge in [-0.15, -0.1) is 11.3 Å². The van der Waals surface area contributed by atoms with Crippen molar-refractivity contribution in [1.29, 1.82) is 0 Å². The number of rotatable bonds is 2. The van der Waals surface area contributed by atoms with E-state index in [-0.39, 0.29) is 0 Å². The van der Waals surface area contributed by atoms with Gasteiger partial charge < -0.3 is 0 Å². The number of hydrogen-bond acceptors (Lipinski definition) is 3. The van der Waals surface area contributed by atoms with E-state index in [2.05, 4.69) is 250 Å². The molecule has 0 atom stereocenters. The van der Waals surface area contributed by atoms with Gasteiger partial charge in [0.25, 0.3) is 0 Å². The molecule has 0 saturated heterocycles. The fraction of sp³-hybridized carbons (Fsp3) is 0.0294. The molecule has 338 valence electrons. The second-order valence-corrected chi connectivity index (χ2v) is 22.8. The van der Waals surface area contributed by atoms with Crippen molar-refractivity contribution in [2.45, 2.75) is 10.8 Å². The van der Waals surface area contributed by atoms with E-state index in [1.165, 1.54) is 100 Å². The number of nitrogens with zero attached hydrogens (tertiary/aromatic N) is 2. The zero-order valence-electron chi connectivity index (χ0n) is 38.8. The quantitative estimate of drug-likeness (QED) is 0.161. The molecule has 2 nitrogen and oxygen atoms in total. The standard InChI is InChI=1S/C68H36Br2N2S/c69-37-31-33-43-49(35-37)50-36-38(70)32-34-44(50)62-61(43)71-63-64(72-62)66(48-22-14-30-58-60(48)46-20-6-12-28-56(46)68(58)53-25-9-3-17-41(53)42-18-4-10-26-54(42)68)73-65(63)47-21-13-29-57-59(47)45-19-5-11-27-55(45)67(57)51-23-7-1-15-39(51)40-16-2-8-24-52(40)67/h1-36H.